The van der Waals surface area contributed by atoms with Crippen LogP contribution in [0.4, 0.5) is 10.6 Å². The van der Waals surface area contributed by atoms with Crippen LogP contribution in [0.15, 0.2) is 18.3 Å². The number of hydrogen-bond acceptors (Lipinski definition) is 4. The number of rotatable bonds is 4. The van der Waals surface area contributed by atoms with Crippen LogP contribution in [0, 0.1) is 0 Å². The number of carbonyl (C=O) groups is 1. The zero-order valence-electron chi connectivity index (χ0n) is 12.9. The fourth-order valence-corrected chi connectivity index (χ4v) is 3.51. The van der Waals surface area contributed by atoms with Gasteiger partial charge in [0.25, 0.3) is 0 Å². The van der Waals surface area contributed by atoms with Crippen LogP contribution in [-0.4, -0.2) is 53.3 Å². The van der Waals surface area contributed by atoms with Crippen LogP contribution >= 0.6 is 0 Å². The van der Waals surface area contributed by atoms with Gasteiger partial charge >= 0.3 is 6.09 Å². The number of amides is 1. The highest BCUT2D eigenvalue weighted by molar-refractivity contribution is 5.64. The van der Waals surface area contributed by atoms with Crippen molar-refractivity contribution in [1.29, 1.82) is 0 Å². The Labute approximate surface area is 131 Å². The first-order valence-corrected chi connectivity index (χ1v) is 8.13. The molecule has 6 nitrogen and oxygen atoms in total. The predicted octanol–water partition coefficient (Wildman–Crippen LogP) is 1.91. The minimum Gasteiger partial charge on any atom is -0.465 e. The highest BCUT2D eigenvalue weighted by atomic mass is 16.4. The lowest BCUT2D eigenvalue weighted by Crippen LogP contribution is -2.50. The summed E-state index contributed by atoms with van der Waals surface area (Å²) in [6, 6.07) is 4.64. The number of nitrogens with one attached hydrogen (secondary N) is 1. The Bertz CT molecular complexity index is 509. The number of pyridine rings is 1. The maximum Gasteiger partial charge on any atom is 0.404 e. The number of carboxylic acid groups (broad SMARTS) is 1. The molecule has 1 aromatic rings. The zero-order valence-corrected chi connectivity index (χ0v) is 12.9. The van der Waals surface area contributed by atoms with Crippen molar-refractivity contribution in [2.45, 2.75) is 38.3 Å². The Balaban J connectivity index is 1.56. The largest absolute Gasteiger partial charge is 0.465 e. The van der Waals surface area contributed by atoms with Crippen molar-refractivity contribution in [3.05, 3.63) is 23.9 Å². The molecule has 2 N–H and O–H groups in total. The van der Waals surface area contributed by atoms with Gasteiger partial charge in [0.2, 0.25) is 0 Å². The van der Waals surface area contributed by atoms with E-state index in [9.17, 15) is 4.79 Å². The van der Waals surface area contributed by atoms with Gasteiger partial charge in [0.05, 0.1) is 0 Å². The van der Waals surface area contributed by atoms with Crippen LogP contribution in [0.3, 0.4) is 0 Å². The molecule has 1 aliphatic heterocycles. The van der Waals surface area contributed by atoms with E-state index in [2.05, 4.69) is 20.1 Å². The Morgan fingerprint density at radius 3 is 2.68 bits per heavy atom. The van der Waals surface area contributed by atoms with Crippen molar-refractivity contribution in [2.24, 2.45) is 0 Å². The topological polar surface area (TPSA) is 68.7 Å². The average Bonchev–Trinajstić information content (AvgIpc) is 3.08. The first-order chi connectivity index (χ1) is 10.7. The van der Waals surface area contributed by atoms with Crippen molar-refractivity contribution in [3.63, 3.8) is 0 Å². The molecule has 1 aromatic heterocycles. The lowest BCUT2D eigenvalue weighted by molar-refractivity contribution is 0.187. The molecule has 2 heterocycles. The van der Waals surface area contributed by atoms with E-state index in [-0.39, 0.29) is 0 Å². The van der Waals surface area contributed by atoms with E-state index in [4.69, 9.17) is 5.11 Å². The fraction of sp³-hybridized carbons (Fsp3) is 0.625. The molecule has 120 valence electrons. The highest BCUT2D eigenvalue weighted by Crippen LogP contribution is 2.25. The smallest absolute Gasteiger partial charge is 0.404 e. The van der Waals surface area contributed by atoms with Gasteiger partial charge in [-0.2, -0.15) is 0 Å². The van der Waals surface area contributed by atoms with E-state index < -0.39 is 6.09 Å². The van der Waals surface area contributed by atoms with Gasteiger partial charge in [-0.25, -0.2) is 9.78 Å². The summed E-state index contributed by atoms with van der Waals surface area (Å²) in [6.07, 6.45) is 6.24. The summed E-state index contributed by atoms with van der Waals surface area (Å²) in [4.78, 5) is 19.9. The molecule has 2 aliphatic rings. The Kier molecular flexibility index (Phi) is 4.77. The van der Waals surface area contributed by atoms with E-state index in [0.717, 1.165) is 43.6 Å². The summed E-state index contributed by atoms with van der Waals surface area (Å²) in [7, 11) is 0. The molecule has 1 aliphatic carbocycles. The maximum absolute atomic E-state index is 10.6. The molecular formula is C16H24N4O2. The van der Waals surface area contributed by atoms with Gasteiger partial charge in [-0.05, 0) is 30.5 Å². The van der Waals surface area contributed by atoms with E-state index in [1.165, 1.54) is 25.7 Å². The number of aromatic nitrogens is 1. The lowest BCUT2D eigenvalue weighted by atomic mass is 10.1. The fourth-order valence-electron chi connectivity index (χ4n) is 3.51. The van der Waals surface area contributed by atoms with Crippen molar-refractivity contribution in [2.75, 3.05) is 31.1 Å². The normalized spacial score (nSPS) is 20.3. The molecule has 2 fully saturated rings. The van der Waals surface area contributed by atoms with E-state index in [1.807, 2.05) is 12.1 Å². The lowest BCUT2D eigenvalue weighted by Gasteiger charge is -2.38. The third-order valence-electron chi connectivity index (χ3n) is 4.73. The van der Waals surface area contributed by atoms with Gasteiger partial charge in [0, 0.05) is 45.0 Å². The highest BCUT2D eigenvalue weighted by Gasteiger charge is 2.26. The first-order valence-electron chi connectivity index (χ1n) is 8.13. The third kappa shape index (κ3) is 3.68. The van der Waals surface area contributed by atoms with Crippen molar-refractivity contribution in [1.82, 2.24) is 15.2 Å². The molecule has 3 rings (SSSR count). The zero-order chi connectivity index (χ0) is 15.4. The number of piperazine rings is 1. The standard InChI is InChI=1S/C16H24N4O2/c21-16(22)18-12-13-5-6-17-15(11-13)20-9-7-19(8-10-20)14-3-1-2-4-14/h5-6,11,14,18H,1-4,7-10,12H2,(H,21,22). The second-order valence-corrected chi connectivity index (χ2v) is 6.14. The summed E-state index contributed by atoms with van der Waals surface area (Å²) in [5.74, 6) is 0.954. The summed E-state index contributed by atoms with van der Waals surface area (Å²) in [5, 5.41) is 11.1. The molecule has 0 aromatic carbocycles. The number of hydrogen-bond donors (Lipinski definition) is 2. The number of nitrogens with zero attached hydrogens (tertiary/aromatic N) is 3. The molecule has 22 heavy (non-hydrogen) atoms. The van der Waals surface area contributed by atoms with E-state index in [0.29, 0.717) is 6.54 Å². The molecule has 1 amide bonds. The quantitative estimate of drug-likeness (QED) is 0.889. The maximum atomic E-state index is 10.6. The van der Waals surface area contributed by atoms with Gasteiger partial charge in [-0.15, -0.1) is 0 Å². The van der Waals surface area contributed by atoms with Gasteiger partial charge in [0.1, 0.15) is 5.82 Å². The van der Waals surface area contributed by atoms with Crippen molar-refractivity contribution < 1.29 is 9.90 Å². The van der Waals surface area contributed by atoms with Crippen molar-refractivity contribution >= 4 is 11.9 Å². The minimum atomic E-state index is -0.997. The van der Waals surface area contributed by atoms with Gasteiger partial charge in [-0.1, -0.05) is 12.8 Å². The van der Waals surface area contributed by atoms with Gasteiger partial charge in [-0.3, -0.25) is 4.90 Å². The van der Waals surface area contributed by atoms with E-state index in [1.54, 1.807) is 6.20 Å². The van der Waals surface area contributed by atoms with Crippen LogP contribution in [0.25, 0.3) is 0 Å². The molecular weight excluding hydrogens is 280 g/mol. The second kappa shape index (κ2) is 6.96. The van der Waals surface area contributed by atoms with Crippen LogP contribution in [0.5, 0.6) is 0 Å². The molecule has 0 unspecified atom stereocenters. The summed E-state index contributed by atoms with van der Waals surface area (Å²) in [5.41, 5.74) is 0.950. The average molecular weight is 304 g/mol. The SMILES string of the molecule is O=C(O)NCc1ccnc(N2CCN(C3CCCC3)CC2)c1. The Hall–Kier alpha value is -1.82. The molecule has 0 atom stereocenters. The van der Waals surface area contributed by atoms with Crippen LogP contribution < -0.4 is 10.2 Å². The Morgan fingerprint density at radius 2 is 2.00 bits per heavy atom. The van der Waals surface area contributed by atoms with E-state index >= 15 is 0 Å². The molecule has 0 radical (unpaired) electrons. The van der Waals surface area contributed by atoms with Gasteiger partial charge < -0.3 is 15.3 Å². The number of anilines is 1. The second-order valence-electron chi connectivity index (χ2n) is 6.14. The Morgan fingerprint density at radius 1 is 1.27 bits per heavy atom. The van der Waals surface area contributed by atoms with Gasteiger partial charge in [0.15, 0.2) is 0 Å². The summed E-state index contributed by atoms with van der Waals surface area (Å²) >= 11 is 0. The van der Waals surface area contributed by atoms with Crippen molar-refractivity contribution in [3.8, 4) is 0 Å². The van der Waals surface area contributed by atoms with Crippen LogP contribution in [-0.2, 0) is 6.54 Å². The molecule has 0 bridgehead atoms. The molecule has 0 spiro atoms. The summed E-state index contributed by atoms with van der Waals surface area (Å²) in [6.45, 7) is 4.53. The monoisotopic (exact) mass is 304 g/mol. The predicted molar refractivity (Wildman–Crippen MR) is 85.1 cm³/mol. The van der Waals surface area contributed by atoms with Crippen LogP contribution in [0.2, 0.25) is 0 Å². The third-order valence-corrected chi connectivity index (χ3v) is 4.73. The first kappa shape index (κ1) is 15.1. The molecule has 1 saturated carbocycles. The van der Waals surface area contributed by atoms with Crippen LogP contribution in [0.1, 0.15) is 31.2 Å². The molecule has 1 saturated heterocycles. The minimum absolute atomic E-state index is 0.326. The summed E-state index contributed by atoms with van der Waals surface area (Å²) < 4.78 is 0. The molecule has 6 heteroatoms.